The minimum atomic E-state index is -0.737. The Kier molecular flexibility index (Phi) is 5.71. The van der Waals surface area contributed by atoms with Gasteiger partial charge in [-0.05, 0) is 33.3 Å². The lowest BCUT2D eigenvalue weighted by Crippen LogP contribution is -2.18. The van der Waals surface area contributed by atoms with Crippen molar-refractivity contribution in [1.82, 2.24) is 0 Å². The molecule has 0 unspecified atom stereocenters. The third kappa shape index (κ3) is 4.19. The second-order valence-corrected chi connectivity index (χ2v) is 5.44. The van der Waals surface area contributed by atoms with Gasteiger partial charge in [-0.3, -0.25) is 10.1 Å². The van der Waals surface area contributed by atoms with Crippen molar-refractivity contribution in [3.63, 3.8) is 0 Å². The van der Waals surface area contributed by atoms with Crippen LogP contribution in [0.1, 0.15) is 46.4 Å². The molecule has 1 aromatic rings. The number of hydrogen-bond donors (Lipinski definition) is 2. The van der Waals surface area contributed by atoms with Crippen molar-refractivity contribution in [3.8, 4) is 0 Å². The number of hydrogen-bond acceptors (Lipinski definition) is 6. The molecule has 0 atom stereocenters. The summed E-state index contributed by atoms with van der Waals surface area (Å²) in [4.78, 5) is 35.2. The Morgan fingerprint density at radius 3 is 2.43 bits per heavy atom. The summed E-state index contributed by atoms with van der Waals surface area (Å²) >= 11 is 0.931. The number of anilines is 1. The lowest BCUT2D eigenvalue weighted by molar-refractivity contribution is 0.0383. The lowest BCUT2D eigenvalue weighted by atomic mass is 10.1. The highest BCUT2D eigenvalue weighted by atomic mass is 32.1. The summed E-state index contributed by atoms with van der Waals surface area (Å²) in [5, 5.41) is 2.59. The summed E-state index contributed by atoms with van der Waals surface area (Å²) < 4.78 is 9.84. The molecule has 1 aromatic heterocycles. The molecule has 0 aliphatic carbocycles. The fourth-order valence-corrected chi connectivity index (χ4v) is 2.70. The fraction of sp³-hybridized carbons (Fsp3) is 0.462. The van der Waals surface area contributed by atoms with E-state index >= 15 is 0 Å². The smallest absolute Gasteiger partial charge is 0.412 e. The molecule has 0 aromatic carbocycles. The zero-order valence-corrected chi connectivity index (χ0v) is 13.1. The van der Waals surface area contributed by atoms with Gasteiger partial charge in [0.25, 0.3) is 5.91 Å². The number of rotatable bonds is 5. The van der Waals surface area contributed by atoms with Crippen LogP contribution in [0, 0.1) is 6.92 Å². The minimum absolute atomic E-state index is 0.0868. The van der Waals surface area contributed by atoms with Crippen LogP contribution in [0.2, 0.25) is 0 Å². The first-order valence-electron chi connectivity index (χ1n) is 6.35. The third-order valence-electron chi connectivity index (χ3n) is 2.41. The lowest BCUT2D eigenvalue weighted by Gasteiger charge is -2.06. The van der Waals surface area contributed by atoms with Gasteiger partial charge in [-0.25, -0.2) is 9.59 Å². The predicted molar refractivity (Wildman–Crippen MR) is 78.8 cm³/mol. The van der Waals surface area contributed by atoms with E-state index in [2.05, 4.69) is 5.32 Å². The molecular formula is C13H18N2O5S. The van der Waals surface area contributed by atoms with Crippen molar-refractivity contribution < 1.29 is 23.9 Å². The molecule has 0 bridgehead atoms. The average Bonchev–Trinajstić information content (AvgIpc) is 2.65. The van der Waals surface area contributed by atoms with Crippen molar-refractivity contribution in [2.45, 2.75) is 33.8 Å². The quantitative estimate of drug-likeness (QED) is 0.811. The number of nitrogens with one attached hydrogen (secondary N) is 1. The van der Waals surface area contributed by atoms with Crippen LogP contribution in [-0.2, 0) is 9.47 Å². The highest BCUT2D eigenvalue weighted by molar-refractivity contribution is 7.18. The van der Waals surface area contributed by atoms with Gasteiger partial charge in [-0.15, -0.1) is 11.3 Å². The Balaban J connectivity index is 3.16. The van der Waals surface area contributed by atoms with E-state index in [4.69, 9.17) is 15.2 Å². The monoisotopic (exact) mass is 314 g/mol. The molecule has 2 amide bonds. The summed E-state index contributed by atoms with van der Waals surface area (Å²) in [5.74, 6) is -1.30. The highest BCUT2D eigenvalue weighted by Gasteiger charge is 2.25. The molecule has 116 valence electrons. The van der Waals surface area contributed by atoms with Crippen molar-refractivity contribution in [1.29, 1.82) is 0 Å². The van der Waals surface area contributed by atoms with Crippen molar-refractivity contribution in [2.24, 2.45) is 5.73 Å². The van der Waals surface area contributed by atoms with Gasteiger partial charge in [-0.2, -0.15) is 0 Å². The number of amides is 2. The zero-order chi connectivity index (χ0) is 16.2. The Hall–Kier alpha value is -2.09. The Labute approximate surface area is 126 Å². The molecule has 1 rings (SSSR count). The molecular weight excluding hydrogens is 296 g/mol. The number of carbonyl (C=O) groups is 3. The van der Waals surface area contributed by atoms with Crippen LogP contribution in [0.15, 0.2) is 0 Å². The molecule has 8 heteroatoms. The first-order valence-corrected chi connectivity index (χ1v) is 7.17. The summed E-state index contributed by atoms with van der Waals surface area (Å²) in [6.45, 7) is 6.84. The van der Waals surface area contributed by atoms with Crippen LogP contribution in [0.25, 0.3) is 0 Å². The molecule has 21 heavy (non-hydrogen) atoms. The van der Waals surface area contributed by atoms with Gasteiger partial charge in [0.15, 0.2) is 0 Å². The maximum atomic E-state index is 12.0. The van der Waals surface area contributed by atoms with Gasteiger partial charge in [0.1, 0.15) is 9.88 Å². The van der Waals surface area contributed by atoms with Crippen molar-refractivity contribution in [2.75, 3.05) is 11.9 Å². The van der Waals surface area contributed by atoms with Crippen molar-refractivity contribution >= 4 is 34.3 Å². The Morgan fingerprint density at radius 2 is 1.95 bits per heavy atom. The largest absolute Gasteiger partial charge is 0.459 e. The average molecular weight is 314 g/mol. The number of thiophene rings is 1. The molecule has 3 N–H and O–H groups in total. The maximum Gasteiger partial charge on any atom is 0.412 e. The van der Waals surface area contributed by atoms with Gasteiger partial charge in [-0.1, -0.05) is 0 Å². The molecule has 0 aliphatic rings. The zero-order valence-electron chi connectivity index (χ0n) is 12.3. The van der Waals surface area contributed by atoms with E-state index in [-0.39, 0.29) is 28.2 Å². The van der Waals surface area contributed by atoms with Gasteiger partial charge >= 0.3 is 12.1 Å². The minimum Gasteiger partial charge on any atom is -0.459 e. The van der Waals surface area contributed by atoms with E-state index in [1.165, 1.54) is 0 Å². The Morgan fingerprint density at radius 1 is 1.33 bits per heavy atom. The topological polar surface area (TPSA) is 108 Å². The normalized spacial score (nSPS) is 10.3. The fourth-order valence-electron chi connectivity index (χ4n) is 1.62. The van der Waals surface area contributed by atoms with Crippen molar-refractivity contribution in [3.05, 3.63) is 16.0 Å². The molecule has 0 saturated carbocycles. The molecule has 0 saturated heterocycles. The number of carbonyl (C=O) groups excluding carboxylic acids is 3. The van der Waals surface area contributed by atoms with Gasteiger partial charge in [0.05, 0.1) is 18.3 Å². The summed E-state index contributed by atoms with van der Waals surface area (Å²) in [7, 11) is 0. The van der Waals surface area contributed by atoms with E-state index < -0.39 is 18.0 Å². The number of nitrogens with two attached hydrogens (primary N) is 1. The van der Waals surface area contributed by atoms with E-state index in [9.17, 15) is 14.4 Å². The highest BCUT2D eigenvalue weighted by Crippen LogP contribution is 2.33. The van der Waals surface area contributed by atoms with E-state index in [1.807, 2.05) is 0 Å². The molecule has 0 radical (unpaired) electrons. The van der Waals surface area contributed by atoms with E-state index in [0.717, 1.165) is 11.3 Å². The predicted octanol–water partition coefficient (Wildman–Crippen LogP) is 2.29. The summed E-state index contributed by atoms with van der Waals surface area (Å²) in [5.41, 5.74) is 5.77. The first-order chi connectivity index (χ1) is 9.77. The number of esters is 1. The third-order valence-corrected chi connectivity index (χ3v) is 3.60. The van der Waals surface area contributed by atoms with Crippen LogP contribution >= 0.6 is 11.3 Å². The van der Waals surface area contributed by atoms with E-state index in [0.29, 0.717) is 5.56 Å². The van der Waals surface area contributed by atoms with Crippen LogP contribution < -0.4 is 11.1 Å². The molecule has 0 aliphatic heterocycles. The van der Waals surface area contributed by atoms with Gasteiger partial charge in [0.2, 0.25) is 0 Å². The van der Waals surface area contributed by atoms with Crippen LogP contribution in [0.5, 0.6) is 0 Å². The second-order valence-electron chi connectivity index (χ2n) is 4.42. The first kappa shape index (κ1) is 17.0. The SMILES string of the molecule is CCOC(=O)Nc1sc(C(=O)OC(C)C)c(C)c1C(N)=O. The molecule has 0 fully saturated rings. The molecule has 1 heterocycles. The van der Waals surface area contributed by atoms with Gasteiger partial charge < -0.3 is 15.2 Å². The number of primary amides is 1. The maximum absolute atomic E-state index is 12.0. The number of ether oxygens (including phenoxy) is 2. The van der Waals surface area contributed by atoms with Crippen LogP contribution in [-0.4, -0.2) is 30.7 Å². The van der Waals surface area contributed by atoms with Crippen LogP contribution in [0.3, 0.4) is 0 Å². The summed E-state index contributed by atoms with van der Waals surface area (Å²) in [6.07, 6.45) is -1.01. The van der Waals surface area contributed by atoms with Crippen LogP contribution in [0.4, 0.5) is 9.80 Å². The second kappa shape index (κ2) is 7.07. The Bertz CT molecular complexity index is 565. The molecule has 0 spiro atoms. The van der Waals surface area contributed by atoms with Gasteiger partial charge in [0, 0.05) is 0 Å². The molecule has 7 nitrogen and oxygen atoms in total. The van der Waals surface area contributed by atoms with E-state index in [1.54, 1.807) is 27.7 Å². The summed E-state index contributed by atoms with van der Waals surface area (Å²) in [6, 6.07) is 0. The standard InChI is InChI=1S/C13H18N2O5S/c1-5-19-13(18)15-11-8(10(14)16)7(4)9(21-11)12(17)20-6(2)3/h6H,5H2,1-4H3,(H2,14,16)(H,15,18).